The van der Waals surface area contributed by atoms with E-state index in [9.17, 15) is 9.18 Å². The zero-order valence-corrected chi connectivity index (χ0v) is 13.9. The molecule has 0 fully saturated rings. The highest BCUT2D eigenvalue weighted by Gasteiger charge is 2.10. The molecule has 2 aromatic heterocycles. The van der Waals surface area contributed by atoms with Crippen LogP contribution in [0, 0.1) is 5.82 Å². The molecule has 0 saturated carbocycles. The van der Waals surface area contributed by atoms with Crippen LogP contribution in [-0.4, -0.2) is 43.9 Å². The molecule has 1 aromatic carbocycles. The van der Waals surface area contributed by atoms with Gasteiger partial charge >= 0.3 is 5.97 Å². The first-order chi connectivity index (χ1) is 12.2. The largest absolute Gasteiger partial charge is 0.464 e. The Labute approximate surface area is 146 Å². The minimum Gasteiger partial charge on any atom is -0.464 e. The number of ether oxygens (including phenoxy) is 1. The fourth-order valence-corrected chi connectivity index (χ4v) is 2.59. The first-order valence-electron chi connectivity index (χ1n) is 7.11. The molecular weight excluding hydrogens is 347 g/mol. The van der Waals surface area contributed by atoms with E-state index in [0.717, 1.165) is 0 Å². The van der Waals surface area contributed by atoms with Gasteiger partial charge in [-0.25, -0.2) is 9.18 Å². The first-order valence-corrected chi connectivity index (χ1v) is 8.09. The van der Waals surface area contributed by atoms with Crippen molar-refractivity contribution < 1.29 is 13.9 Å². The van der Waals surface area contributed by atoms with Crippen LogP contribution in [0.25, 0.3) is 0 Å². The summed E-state index contributed by atoms with van der Waals surface area (Å²) >= 11 is 1.31. The highest BCUT2D eigenvalue weighted by molar-refractivity contribution is 7.98. The van der Waals surface area contributed by atoms with Crippen molar-refractivity contribution in [1.29, 1.82) is 0 Å². The van der Waals surface area contributed by atoms with Crippen LogP contribution in [-0.2, 0) is 10.6 Å². The van der Waals surface area contributed by atoms with Crippen LogP contribution in [0.2, 0.25) is 0 Å². The van der Waals surface area contributed by atoms with E-state index >= 15 is 0 Å². The van der Waals surface area contributed by atoms with Crippen molar-refractivity contribution in [2.24, 2.45) is 5.10 Å². The Bertz CT molecular complexity index is 907. The standard InChI is InChI=1S/C15H13FN6O2S/c1-24-14(23)13-6-7-21(20-13)10-25-15-19-17-9-22(15)18-8-11-4-2-3-5-12(11)16/h2-9H,10H2,1H3. The van der Waals surface area contributed by atoms with Crippen molar-refractivity contribution in [3.8, 4) is 0 Å². The minimum atomic E-state index is -0.499. The van der Waals surface area contributed by atoms with Gasteiger partial charge in [0.05, 0.1) is 19.2 Å². The molecule has 0 aliphatic rings. The molecule has 2 heterocycles. The number of carbonyl (C=O) groups excluding carboxylic acids is 1. The molecule has 25 heavy (non-hydrogen) atoms. The molecule has 10 heteroatoms. The molecule has 128 valence electrons. The molecule has 0 N–H and O–H groups in total. The molecule has 0 unspecified atom stereocenters. The first kappa shape index (κ1) is 16.8. The van der Waals surface area contributed by atoms with E-state index in [0.29, 0.717) is 16.6 Å². The number of thioether (sulfide) groups is 1. The second-order valence-corrected chi connectivity index (χ2v) is 5.64. The maximum Gasteiger partial charge on any atom is 0.358 e. The van der Waals surface area contributed by atoms with Gasteiger partial charge in [-0.05, 0) is 12.1 Å². The summed E-state index contributed by atoms with van der Waals surface area (Å²) in [4.78, 5) is 11.4. The van der Waals surface area contributed by atoms with Crippen molar-refractivity contribution in [3.05, 3.63) is 59.9 Å². The highest BCUT2D eigenvalue weighted by atomic mass is 32.2. The van der Waals surface area contributed by atoms with Gasteiger partial charge in [0.1, 0.15) is 12.1 Å². The van der Waals surface area contributed by atoms with Crippen LogP contribution in [0.3, 0.4) is 0 Å². The number of hydrogen-bond acceptors (Lipinski definition) is 7. The Balaban J connectivity index is 1.67. The summed E-state index contributed by atoms with van der Waals surface area (Å²) in [7, 11) is 1.30. The summed E-state index contributed by atoms with van der Waals surface area (Å²) in [6.07, 6.45) is 4.47. The third kappa shape index (κ3) is 4.10. The smallest absolute Gasteiger partial charge is 0.358 e. The fraction of sp³-hybridized carbons (Fsp3) is 0.133. The summed E-state index contributed by atoms with van der Waals surface area (Å²) in [5.74, 6) is -0.466. The van der Waals surface area contributed by atoms with E-state index in [1.807, 2.05) is 0 Å². The monoisotopic (exact) mass is 360 g/mol. The number of aromatic nitrogens is 5. The Morgan fingerprint density at radius 3 is 3.04 bits per heavy atom. The van der Waals surface area contributed by atoms with Crippen LogP contribution in [0.5, 0.6) is 0 Å². The van der Waals surface area contributed by atoms with Gasteiger partial charge in [-0.15, -0.1) is 10.2 Å². The number of carbonyl (C=O) groups is 1. The molecule has 0 amide bonds. The Hall–Kier alpha value is -3.01. The lowest BCUT2D eigenvalue weighted by Crippen LogP contribution is -2.04. The number of rotatable bonds is 6. The number of methoxy groups -OCH3 is 1. The van der Waals surface area contributed by atoms with E-state index in [4.69, 9.17) is 0 Å². The lowest BCUT2D eigenvalue weighted by Gasteiger charge is -2.01. The third-order valence-electron chi connectivity index (χ3n) is 3.09. The topological polar surface area (TPSA) is 87.2 Å². The molecule has 3 aromatic rings. The Morgan fingerprint density at radius 1 is 1.40 bits per heavy atom. The van der Waals surface area contributed by atoms with Gasteiger partial charge in [0.25, 0.3) is 0 Å². The predicted octanol–water partition coefficient (Wildman–Crippen LogP) is 2.03. The van der Waals surface area contributed by atoms with Crippen LogP contribution >= 0.6 is 11.8 Å². The number of hydrogen-bond donors (Lipinski definition) is 0. The zero-order valence-electron chi connectivity index (χ0n) is 13.1. The number of halogens is 1. The molecule has 8 nitrogen and oxygen atoms in total. The van der Waals surface area contributed by atoms with E-state index in [2.05, 4.69) is 25.1 Å². The maximum absolute atomic E-state index is 13.6. The van der Waals surface area contributed by atoms with Crippen molar-refractivity contribution in [3.63, 3.8) is 0 Å². The normalized spacial score (nSPS) is 11.1. The summed E-state index contributed by atoms with van der Waals surface area (Å²) < 4.78 is 21.2. The number of nitrogens with zero attached hydrogens (tertiary/aromatic N) is 6. The van der Waals surface area contributed by atoms with Gasteiger partial charge in [0.2, 0.25) is 5.16 Å². The van der Waals surface area contributed by atoms with E-state index < -0.39 is 5.97 Å². The van der Waals surface area contributed by atoms with Crippen molar-refractivity contribution in [2.75, 3.05) is 7.11 Å². The number of benzene rings is 1. The third-order valence-corrected chi connectivity index (χ3v) is 4.01. The highest BCUT2D eigenvalue weighted by Crippen LogP contribution is 2.17. The van der Waals surface area contributed by atoms with Gasteiger partial charge in [0.15, 0.2) is 5.69 Å². The predicted molar refractivity (Wildman–Crippen MR) is 88.8 cm³/mol. The summed E-state index contributed by atoms with van der Waals surface area (Å²) in [5.41, 5.74) is 0.587. The molecule has 0 spiro atoms. The minimum absolute atomic E-state index is 0.224. The van der Waals surface area contributed by atoms with Gasteiger partial charge in [0, 0.05) is 11.8 Å². The van der Waals surface area contributed by atoms with Gasteiger partial charge in [-0.1, -0.05) is 30.0 Å². The lowest BCUT2D eigenvalue weighted by atomic mass is 10.2. The summed E-state index contributed by atoms with van der Waals surface area (Å²) in [6, 6.07) is 7.88. The summed E-state index contributed by atoms with van der Waals surface area (Å²) in [6.45, 7) is 0. The molecule has 0 aliphatic carbocycles. The van der Waals surface area contributed by atoms with Crippen LogP contribution in [0.4, 0.5) is 4.39 Å². The average Bonchev–Trinajstić information content (AvgIpc) is 3.27. The second-order valence-electron chi connectivity index (χ2n) is 4.73. The van der Waals surface area contributed by atoms with Crippen LogP contribution in [0.1, 0.15) is 16.1 Å². The second kappa shape index (κ2) is 7.71. The SMILES string of the molecule is COC(=O)c1ccn(CSc2nncn2N=Cc2ccccc2F)n1. The number of esters is 1. The molecule has 0 radical (unpaired) electrons. The van der Waals surface area contributed by atoms with Gasteiger partial charge < -0.3 is 4.74 Å². The van der Waals surface area contributed by atoms with E-state index in [1.54, 1.807) is 35.1 Å². The van der Waals surface area contributed by atoms with E-state index in [1.165, 1.54) is 42.2 Å². The van der Waals surface area contributed by atoms with Crippen LogP contribution < -0.4 is 0 Å². The fourth-order valence-electron chi connectivity index (χ4n) is 1.87. The maximum atomic E-state index is 13.6. The van der Waals surface area contributed by atoms with Crippen molar-refractivity contribution in [1.82, 2.24) is 24.7 Å². The lowest BCUT2D eigenvalue weighted by molar-refractivity contribution is 0.0593. The molecular formula is C15H13FN6O2S. The quantitative estimate of drug-likeness (QED) is 0.380. The molecule has 0 saturated heterocycles. The average molecular weight is 360 g/mol. The van der Waals surface area contributed by atoms with Gasteiger partial charge in [-0.2, -0.15) is 14.9 Å². The molecule has 0 atom stereocenters. The van der Waals surface area contributed by atoms with E-state index in [-0.39, 0.29) is 11.5 Å². The molecule has 3 rings (SSSR count). The van der Waals surface area contributed by atoms with Gasteiger partial charge in [-0.3, -0.25) is 4.68 Å². The summed E-state index contributed by atoms with van der Waals surface area (Å²) in [5, 5.41) is 16.5. The van der Waals surface area contributed by atoms with Crippen LogP contribution in [0.15, 0.2) is 53.1 Å². The molecule has 0 aliphatic heterocycles. The van der Waals surface area contributed by atoms with Crippen molar-refractivity contribution >= 4 is 23.9 Å². The Morgan fingerprint density at radius 2 is 2.24 bits per heavy atom. The molecule has 0 bridgehead atoms. The Kier molecular flexibility index (Phi) is 5.19. The zero-order chi connectivity index (χ0) is 17.6. The van der Waals surface area contributed by atoms with Crippen molar-refractivity contribution in [2.45, 2.75) is 11.0 Å².